The maximum Gasteiger partial charge on any atom is 0.335 e. The lowest BCUT2D eigenvalue weighted by atomic mass is 9.33. The van der Waals surface area contributed by atoms with Crippen molar-refractivity contribution in [2.24, 2.45) is 51.2 Å². The second-order valence-corrected chi connectivity index (χ2v) is 23.0. The van der Waals surface area contributed by atoms with E-state index in [0.717, 1.165) is 50.6 Å². The summed E-state index contributed by atoms with van der Waals surface area (Å²) in [5.74, 6) is 2.32. The van der Waals surface area contributed by atoms with Gasteiger partial charge in [-0.1, -0.05) is 65.0 Å². The summed E-state index contributed by atoms with van der Waals surface area (Å²) in [5.41, 5.74) is 4.30. The third-order valence-corrected chi connectivity index (χ3v) is 19.3. The Hall–Kier alpha value is -2.37. The van der Waals surface area contributed by atoms with Crippen LogP contribution in [-0.2, 0) is 4.74 Å². The SMILES string of the molecule is C=C(C)[C@@H]1CC[C@]2(NC(=O)N(CCCOC)CCN3CCS(O)(O)CC3)CC[C@]3(C)[C@H](CC[C@@H]4[C@@]5(C)CC=C(c6ccc(C(=O)O)cc6)C(C)(C)[C@@H]5CC[C@]43C)[C@@H]12. The summed E-state index contributed by atoms with van der Waals surface area (Å²) in [6, 6.07) is 7.57. The van der Waals surface area contributed by atoms with Crippen molar-refractivity contribution >= 4 is 28.2 Å². The number of carbonyl (C=O) groups is 2. The quantitative estimate of drug-likeness (QED) is 0.130. The fourth-order valence-corrected chi connectivity index (χ4v) is 15.8. The summed E-state index contributed by atoms with van der Waals surface area (Å²) >= 11 is 0. The first-order valence-corrected chi connectivity index (χ1v) is 23.9. The lowest BCUT2D eigenvalue weighted by Crippen LogP contribution is -2.69. The average Bonchev–Trinajstić information content (AvgIpc) is 3.53. The highest BCUT2D eigenvalue weighted by molar-refractivity contribution is 8.24. The van der Waals surface area contributed by atoms with Gasteiger partial charge >= 0.3 is 12.0 Å². The van der Waals surface area contributed by atoms with Gasteiger partial charge in [0.1, 0.15) is 0 Å². The van der Waals surface area contributed by atoms with Crippen LogP contribution < -0.4 is 5.32 Å². The highest BCUT2D eigenvalue weighted by Gasteiger charge is 2.70. The molecule has 2 amide bonds. The van der Waals surface area contributed by atoms with Crippen LogP contribution in [0.2, 0.25) is 0 Å². The fraction of sp³-hybridized carbons (Fsp3) is 0.745. The number of rotatable bonds is 11. The predicted molar refractivity (Wildman–Crippen MR) is 232 cm³/mol. The molecule has 0 aromatic heterocycles. The Labute approximate surface area is 344 Å². The first kappa shape index (κ1) is 42.7. The summed E-state index contributed by atoms with van der Waals surface area (Å²) < 4.78 is 25.7. The van der Waals surface area contributed by atoms with Crippen molar-refractivity contribution in [1.82, 2.24) is 15.1 Å². The van der Waals surface area contributed by atoms with Crippen molar-refractivity contribution in [2.45, 2.75) is 111 Å². The number of carboxylic acids is 1. The number of fused-ring (bicyclic) bond motifs is 7. The van der Waals surface area contributed by atoms with Crippen molar-refractivity contribution in [1.29, 1.82) is 0 Å². The van der Waals surface area contributed by atoms with Crippen LogP contribution in [0.4, 0.5) is 4.79 Å². The summed E-state index contributed by atoms with van der Waals surface area (Å²) in [6.45, 7) is 23.5. The molecule has 1 aliphatic heterocycles. The smallest absolute Gasteiger partial charge is 0.335 e. The lowest BCUT2D eigenvalue weighted by Gasteiger charge is -2.72. The highest BCUT2D eigenvalue weighted by Crippen LogP contribution is 2.76. The van der Waals surface area contributed by atoms with Crippen LogP contribution >= 0.6 is 10.6 Å². The Balaban J connectivity index is 1.13. The van der Waals surface area contributed by atoms with Crippen LogP contribution in [0.3, 0.4) is 0 Å². The van der Waals surface area contributed by atoms with Crippen molar-refractivity contribution in [2.75, 3.05) is 57.9 Å². The van der Waals surface area contributed by atoms with Crippen molar-refractivity contribution in [3.8, 4) is 0 Å². The van der Waals surface area contributed by atoms with Crippen molar-refractivity contribution in [3.63, 3.8) is 0 Å². The molecule has 1 aromatic carbocycles. The topological polar surface area (TPSA) is 123 Å². The summed E-state index contributed by atoms with van der Waals surface area (Å²) in [4.78, 5) is 30.5. The molecule has 0 radical (unpaired) electrons. The van der Waals surface area contributed by atoms with Crippen molar-refractivity contribution in [3.05, 3.63) is 53.6 Å². The second-order valence-electron chi connectivity index (χ2n) is 20.6. The Bertz CT molecular complexity index is 1720. The number of carboxylic acid groups (broad SMARTS) is 1. The maximum atomic E-state index is 14.6. The maximum absolute atomic E-state index is 14.6. The average molecular weight is 808 g/mol. The molecule has 6 aliphatic rings. The summed E-state index contributed by atoms with van der Waals surface area (Å²) in [7, 11) is -0.751. The number of ether oxygens (including phenoxy) is 1. The van der Waals surface area contributed by atoms with E-state index >= 15 is 0 Å². The van der Waals surface area contributed by atoms with Crippen LogP contribution in [0.1, 0.15) is 122 Å². The number of hydrogen-bond donors (Lipinski definition) is 4. The van der Waals surface area contributed by atoms with E-state index in [9.17, 15) is 23.8 Å². The van der Waals surface area contributed by atoms with E-state index in [1.54, 1.807) is 19.2 Å². The zero-order chi connectivity index (χ0) is 41.2. The van der Waals surface area contributed by atoms with Gasteiger partial charge in [0, 0.05) is 52.0 Å². The largest absolute Gasteiger partial charge is 0.478 e. The number of nitrogens with one attached hydrogen (secondary N) is 1. The Morgan fingerprint density at radius 3 is 2.28 bits per heavy atom. The van der Waals surface area contributed by atoms with Gasteiger partial charge in [-0.2, -0.15) is 10.6 Å². The number of carbonyl (C=O) groups excluding carboxylic acids is 1. The minimum absolute atomic E-state index is 0.0360. The third kappa shape index (κ3) is 7.33. The first-order chi connectivity index (χ1) is 26.8. The van der Waals surface area contributed by atoms with E-state index in [2.05, 4.69) is 64.4 Å². The number of amides is 2. The van der Waals surface area contributed by atoms with E-state index < -0.39 is 16.6 Å². The molecule has 9 atom stereocenters. The van der Waals surface area contributed by atoms with E-state index in [0.29, 0.717) is 79.4 Å². The van der Waals surface area contributed by atoms with E-state index in [1.807, 2.05) is 17.0 Å². The highest BCUT2D eigenvalue weighted by atomic mass is 32.3. The zero-order valence-corrected chi connectivity index (χ0v) is 36.9. The monoisotopic (exact) mass is 808 g/mol. The normalized spacial score (nSPS) is 38.7. The van der Waals surface area contributed by atoms with Gasteiger partial charge in [-0.05, 0) is 146 Å². The second kappa shape index (κ2) is 15.6. The molecular weight excluding hydrogens is 735 g/mol. The number of urea groups is 1. The standard InChI is InChI=1S/C47H73N3O6S/c1-32(2)35-16-21-47(48-42(53)50(24-9-29-56-8)26-25-49-27-30-57(54,55)31-28-49)23-22-45(6)37(40(35)47)14-15-39-44(5)19-17-36(33-10-12-34(13-11-33)41(51)52)43(3,4)38(44)18-20-46(39,45)7/h10-13,17,35,37-40,54-55H,1,9,14-16,18-31H2,2-8H3,(H,48,53)(H,51,52)/t35-,37+,38-,39+,40+,44-,45+,46+,47-/m0/s1. The number of allylic oxidation sites excluding steroid dienone is 3. The van der Waals surface area contributed by atoms with Gasteiger partial charge in [-0.3, -0.25) is 14.0 Å². The van der Waals surface area contributed by atoms with Gasteiger partial charge in [0.25, 0.3) is 0 Å². The molecular formula is C47H73N3O6S. The first-order valence-electron chi connectivity index (χ1n) is 22.0. The van der Waals surface area contributed by atoms with E-state index in [-0.39, 0.29) is 33.2 Å². The molecule has 10 heteroatoms. The molecule has 9 nitrogen and oxygen atoms in total. The number of nitrogens with zero attached hydrogens (tertiary/aromatic N) is 2. The molecule has 5 fully saturated rings. The molecule has 57 heavy (non-hydrogen) atoms. The van der Waals surface area contributed by atoms with Gasteiger partial charge in [0.2, 0.25) is 0 Å². The molecule has 1 saturated heterocycles. The van der Waals surface area contributed by atoms with E-state index in [1.165, 1.54) is 36.8 Å². The van der Waals surface area contributed by atoms with Crippen LogP contribution in [0.5, 0.6) is 0 Å². The number of methoxy groups -OCH3 is 1. The lowest BCUT2D eigenvalue weighted by molar-refractivity contribution is -0.218. The zero-order valence-electron chi connectivity index (χ0n) is 36.1. The third-order valence-electron chi connectivity index (χ3n) is 17.7. The molecule has 1 heterocycles. The summed E-state index contributed by atoms with van der Waals surface area (Å²) in [5, 5.41) is 13.3. The fourth-order valence-electron chi connectivity index (χ4n) is 14.5. The van der Waals surface area contributed by atoms with Crippen LogP contribution in [0.15, 0.2) is 42.5 Å². The molecule has 7 rings (SSSR count). The molecule has 5 aliphatic carbocycles. The molecule has 0 unspecified atom stereocenters. The minimum Gasteiger partial charge on any atom is -0.478 e. The molecule has 0 spiro atoms. The van der Waals surface area contributed by atoms with Gasteiger partial charge < -0.3 is 20.1 Å². The van der Waals surface area contributed by atoms with Crippen LogP contribution in [0, 0.1) is 51.2 Å². The predicted octanol–water partition coefficient (Wildman–Crippen LogP) is 9.90. The van der Waals surface area contributed by atoms with Gasteiger partial charge in [-0.25, -0.2) is 9.59 Å². The number of aromatic carboxylic acids is 1. The summed E-state index contributed by atoms with van der Waals surface area (Å²) in [6.07, 6.45) is 13.3. The number of hydrogen-bond acceptors (Lipinski definition) is 6. The molecule has 4 saturated carbocycles. The van der Waals surface area contributed by atoms with Gasteiger partial charge in [0.15, 0.2) is 0 Å². The molecule has 4 N–H and O–H groups in total. The Morgan fingerprint density at radius 2 is 1.63 bits per heavy atom. The molecule has 318 valence electrons. The van der Waals surface area contributed by atoms with Gasteiger partial charge in [-0.15, -0.1) is 0 Å². The van der Waals surface area contributed by atoms with Crippen molar-refractivity contribution < 1.29 is 28.5 Å². The van der Waals surface area contributed by atoms with Gasteiger partial charge in [0.05, 0.1) is 17.1 Å². The molecule has 0 bridgehead atoms. The number of benzene rings is 1. The van der Waals surface area contributed by atoms with Crippen LogP contribution in [0.25, 0.3) is 5.57 Å². The minimum atomic E-state index is -2.46. The Kier molecular flexibility index (Phi) is 11.7. The van der Waals surface area contributed by atoms with E-state index in [4.69, 9.17) is 4.74 Å². The van der Waals surface area contributed by atoms with Crippen LogP contribution in [-0.4, -0.2) is 99.5 Å². The molecule has 1 aromatic rings. The Morgan fingerprint density at radius 1 is 0.930 bits per heavy atom.